The predicted molar refractivity (Wildman–Crippen MR) is 136 cm³/mol. The highest BCUT2D eigenvalue weighted by Crippen LogP contribution is 2.45. The maximum atomic E-state index is 13.4. The molecule has 2 aromatic carbocycles. The summed E-state index contributed by atoms with van der Waals surface area (Å²) in [4.78, 5) is 28.5. The van der Waals surface area contributed by atoms with E-state index in [0.717, 1.165) is 42.1 Å². The normalized spacial score (nSPS) is 20.5. The third-order valence-electron chi connectivity index (χ3n) is 7.13. The molecule has 0 radical (unpaired) electrons. The molecule has 0 bridgehead atoms. The number of aliphatic hydroxyl groups excluding tert-OH is 1. The number of aromatic nitrogens is 1. The fourth-order valence-corrected chi connectivity index (χ4v) is 5.43. The molecule has 1 N–H and O–H groups in total. The fraction of sp³-hybridized carbons (Fsp3) is 0.379. The van der Waals surface area contributed by atoms with Crippen LogP contribution in [-0.2, 0) is 16.6 Å². The number of aliphatic hydroxyl groups is 1. The van der Waals surface area contributed by atoms with Crippen LogP contribution in [0.5, 0.6) is 5.75 Å². The van der Waals surface area contributed by atoms with Crippen LogP contribution in [0.1, 0.15) is 56.7 Å². The minimum atomic E-state index is -0.624. The lowest BCUT2D eigenvalue weighted by Crippen LogP contribution is -2.37. The Balaban J connectivity index is 1.63. The summed E-state index contributed by atoms with van der Waals surface area (Å²) in [7, 11) is 1.96. The topological polar surface area (TPSA) is 71.8 Å². The molecule has 6 nitrogen and oxygen atoms in total. The number of hydrogen-bond acceptors (Lipinski definition) is 4. The Morgan fingerprint density at radius 3 is 2.43 bits per heavy atom. The molecule has 6 heteroatoms. The number of para-hydroxylation sites is 1. The average Bonchev–Trinajstić information content (AvgIpc) is 3.56. The Hall–Kier alpha value is -3.54. The first-order valence-electron chi connectivity index (χ1n) is 12.4. The summed E-state index contributed by atoms with van der Waals surface area (Å²) in [6.07, 6.45) is 5.80. The summed E-state index contributed by atoms with van der Waals surface area (Å²) in [6, 6.07) is 14.4. The highest BCUT2D eigenvalue weighted by molar-refractivity contribution is 6.46. The number of carbonyl (C=O) groups is 2. The molecule has 1 aromatic heterocycles. The molecule has 1 aliphatic heterocycles. The van der Waals surface area contributed by atoms with E-state index in [4.69, 9.17) is 4.74 Å². The highest BCUT2D eigenvalue weighted by Gasteiger charge is 2.50. The first-order chi connectivity index (χ1) is 16.9. The highest BCUT2D eigenvalue weighted by atomic mass is 16.5. The number of likely N-dealkylation sites (tertiary alicyclic amines) is 1. The fourth-order valence-electron chi connectivity index (χ4n) is 5.43. The van der Waals surface area contributed by atoms with Crippen LogP contribution in [0.3, 0.4) is 0 Å². The summed E-state index contributed by atoms with van der Waals surface area (Å²) in [5.41, 5.74) is 2.55. The third-order valence-corrected chi connectivity index (χ3v) is 7.13. The number of aryl methyl sites for hydroxylation is 1. The van der Waals surface area contributed by atoms with E-state index in [-0.39, 0.29) is 17.4 Å². The quantitative estimate of drug-likeness (QED) is 0.289. The van der Waals surface area contributed by atoms with Gasteiger partial charge in [-0.05, 0) is 49.1 Å². The van der Waals surface area contributed by atoms with E-state index in [0.29, 0.717) is 23.8 Å². The number of ether oxygens (including phenoxy) is 1. The van der Waals surface area contributed by atoms with Crippen LogP contribution in [0.2, 0.25) is 0 Å². The Bertz CT molecular complexity index is 1300. The molecule has 1 saturated carbocycles. The maximum Gasteiger partial charge on any atom is 0.295 e. The monoisotopic (exact) mass is 472 g/mol. The zero-order valence-corrected chi connectivity index (χ0v) is 20.5. The molecule has 1 aliphatic carbocycles. The lowest BCUT2D eigenvalue weighted by Gasteiger charge is -2.30. The molecule has 182 valence electrons. The van der Waals surface area contributed by atoms with Crippen molar-refractivity contribution >= 4 is 28.4 Å². The van der Waals surface area contributed by atoms with Gasteiger partial charge in [-0.1, -0.05) is 44.9 Å². The number of ketones is 1. The van der Waals surface area contributed by atoms with Gasteiger partial charge >= 0.3 is 0 Å². The van der Waals surface area contributed by atoms with E-state index in [1.54, 1.807) is 29.2 Å². The van der Waals surface area contributed by atoms with Gasteiger partial charge in [0.25, 0.3) is 11.7 Å². The van der Waals surface area contributed by atoms with Gasteiger partial charge in [-0.2, -0.15) is 0 Å². The zero-order valence-electron chi connectivity index (χ0n) is 20.5. The minimum absolute atomic E-state index is 0.00692. The Labute approximate surface area is 205 Å². The summed E-state index contributed by atoms with van der Waals surface area (Å²) in [5, 5.41) is 12.4. The average molecular weight is 473 g/mol. The molecule has 2 aliphatic rings. The van der Waals surface area contributed by atoms with Crippen LogP contribution in [0.25, 0.3) is 16.7 Å². The van der Waals surface area contributed by atoms with Gasteiger partial charge in [-0.25, -0.2) is 0 Å². The molecule has 2 heterocycles. The van der Waals surface area contributed by atoms with Gasteiger partial charge in [0.15, 0.2) is 0 Å². The molecule has 3 aromatic rings. The second kappa shape index (κ2) is 9.25. The van der Waals surface area contributed by atoms with Gasteiger partial charge in [0.2, 0.25) is 0 Å². The van der Waals surface area contributed by atoms with Crippen molar-refractivity contribution in [2.45, 2.75) is 51.6 Å². The maximum absolute atomic E-state index is 13.4. The van der Waals surface area contributed by atoms with E-state index in [1.807, 2.05) is 42.1 Å². The first kappa shape index (κ1) is 23.2. The van der Waals surface area contributed by atoms with Crippen molar-refractivity contribution in [1.29, 1.82) is 0 Å². The van der Waals surface area contributed by atoms with E-state index in [1.165, 1.54) is 0 Å². The van der Waals surface area contributed by atoms with Gasteiger partial charge in [-0.15, -0.1) is 0 Å². The second-order valence-corrected chi connectivity index (χ2v) is 10.1. The van der Waals surface area contributed by atoms with Gasteiger partial charge in [0.05, 0.1) is 18.2 Å². The number of nitrogens with zero attached hydrogens (tertiary/aromatic N) is 2. The van der Waals surface area contributed by atoms with Crippen molar-refractivity contribution in [3.63, 3.8) is 0 Å². The predicted octanol–water partition coefficient (Wildman–Crippen LogP) is 5.58. The van der Waals surface area contributed by atoms with Crippen LogP contribution in [-0.4, -0.2) is 38.9 Å². The molecular formula is C29H32N2O4. The van der Waals surface area contributed by atoms with Crippen molar-refractivity contribution in [2.75, 3.05) is 6.61 Å². The van der Waals surface area contributed by atoms with Crippen LogP contribution < -0.4 is 4.74 Å². The first-order valence-corrected chi connectivity index (χ1v) is 12.4. The number of hydrogen-bond donors (Lipinski definition) is 1. The number of amides is 1. The van der Waals surface area contributed by atoms with Crippen molar-refractivity contribution in [2.24, 2.45) is 13.0 Å². The summed E-state index contributed by atoms with van der Waals surface area (Å²) >= 11 is 0. The number of carbonyl (C=O) groups excluding carboxylic acids is 2. The van der Waals surface area contributed by atoms with E-state index >= 15 is 0 Å². The summed E-state index contributed by atoms with van der Waals surface area (Å²) < 4.78 is 7.78. The molecule has 5 rings (SSSR count). The molecule has 1 amide bonds. The summed E-state index contributed by atoms with van der Waals surface area (Å²) in [5.74, 6) is -0.180. The molecular weight excluding hydrogens is 440 g/mol. The zero-order chi connectivity index (χ0) is 24.7. The van der Waals surface area contributed by atoms with Gasteiger partial charge in [-0.3, -0.25) is 9.59 Å². The number of benzene rings is 2. The molecule has 2 fully saturated rings. The lowest BCUT2D eigenvalue weighted by molar-refractivity contribution is -0.141. The molecule has 35 heavy (non-hydrogen) atoms. The van der Waals surface area contributed by atoms with Crippen LogP contribution in [0.4, 0.5) is 0 Å². The van der Waals surface area contributed by atoms with E-state index < -0.39 is 17.7 Å². The van der Waals surface area contributed by atoms with Gasteiger partial charge in [0, 0.05) is 41.3 Å². The van der Waals surface area contributed by atoms with Crippen molar-refractivity contribution in [3.05, 3.63) is 71.4 Å². The largest absolute Gasteiger partial charge is 0.507 e. The van der Waals surface area contributed by atoms with Crippen LogP contribution in [0, 0.1) is 5.92 Å². The number of rotatable bonds is 6. The van der Waals surface area contributed by atoms with Crippen molar-refractivity contribution < 1.29 is 19.4 Å². The van der Waals surface area contributed by atoms with E-state index in [9.17, 15) is 14.7 Å². The van der Waals surface area contributed by atoms with E-state index in [2.05, 4.69) is 13.8 Å². The molecule has 1 unspecified atom stereocenters. The number of Topliss-reactive ketones (excluding diaryl/α,β-unsaturated/α-hetero) is 1. The van der Waals surface area contributed by atoms with Gasteiger partial charge in [0.1, 0.15) is 11.5 Å². The summed E-state index contributed by atoms with van der Waals surface area (Å²) in [6.45, 7) is 4.76. The van der Waals surface area contributed by atoms with Crippen LogP contribution in [0.15, 0.2) is 60.3 Å². The third kappa shape index (κ3) is 4.11. The Kier molecular flexibility index (Phi) is 6.13. The minimum Gasteiger partial charge on any atom is -0.507 e. The second-order valence-electron chi connectivity index (χ2n) is 10.1. The van der Waals surface area contributed by atoms with Crippen molar-refractivity contribution in [1.82, 2.24) is 9.47 Å². The smallest absolute Gasteiger partial charge is 0.295 e. The lowest BCUT2D eigenvalue weighted by atomic mass is 9.94. The Morgan fingerprint density at radius 1 is 1.06 bits per heavy atom. The van der Waals surface area contributed by atoms with Crippen molar-refractivity contribution in [3.8, 4) is 5.75 Å². The Morgan fingerprint density at radius 2 is 1.74 bits per heavy atom. The standard InChI is InChI=1S/C29H32N2O4/c1-18(2)17-35-21-14-12-19(13-15-21)27(32)25-26(23-16-30(3)24-11-7-6-10-22(23)24)31(29(34)28(25)33)20-8-4-5-9-20/h6-7,10-16,18,20,26,32H,4-5,8-9,17H2,1-3H3/b27-25+. The molecule has 1 atom stereocenters. The number of fused-ring (bicyclic) bond motifs is 1. The van der Waals surface area contributed by atoms with Crippen LogP contribution >= 0.6 is 0 Å². The molecule has 0 spiro atoms. The van der Waals surface area contributed by atoms with Gasteiger partial charge < -0.3 is 19.3 Å². The SMILES string of the molecule is CC(C)COc1ccc(/C(O)=C2\C(=O)C(=O)N(C3CCCC3)C2c2cn(C)c3ccccc23)cc1. The molecule has 1 saturated heterocycles.